The highest BCUT2D eigenvalue weighted by Crippen LogP contribution is 2.39. The first-order valence-corrected chi connectivity index (χ1v) is 8.72. The van der Waals surface area contributed by atoms with Crippen molar-refractivity contribution in [1.29, 1.82) is 0 Å². The second kappa shape index (κ2) is 6.13. The minimum Gasteiger partial charge on any atom is -0.315 e. The fraction of sp³-hybridized carbons (Fsp3) is 1.00. The van der Waals surface area contributed by atoms with Gasteiger partial charge in [0.05, 0.1) is 0 Å². The van der Waals surface area contributed by atoms with E-state index in [1.165, 1.54) is 64.3 Å². The number of hydrogen-bond donors (Lipinski definition) is 1. The molecule has 0 aromatic heterocycles. The Morgan fingerprint density at radius 3 is 2.42 bits per heavy atom. The summed E-state index contributed by atoms with van der Waals surface area (Å²) in [4.78, 5) is 2.94. The van der Waals surface area contributed by atoms with E-state index in [4.69, 9.17) is 0 Å². The number of rotatable bonds is 3. The van der Waals surface area contributed by atoms with Gasteiger partial charge in [0.2, 0.25) is 0 Å². The average molecular weight is 264 g/mol. The van der Waals surface area contributed by atoms with Gasteiger partial charge >= 0.3 is 0 Å². The fourth-order valence-corrected chi connectivity index (χ4v) is 5.13. The molecule has 0 radical (unpaired) electrons. The highest BCUT2D eigenvalue weighted by atomic mass is 15.2. The topological polar surface area (TPSA) is 15.3 Å². The zero-order valence-electron chi connectivity index (χ0n) is 12.9. The van der Waals surface area contributed by atoms with Crippen molar-refractivity contribution < 1.29 is 0 Å². The van der Waals surface area contributed by atoms with Crippen molar-refractivity contribution in [2.75, 3.05) is 13.6 Å². The van der Waals surface area contributed by atoms with Crippen LogP contribution in [0.3, 0.4) is 0 Å². The van der Waals surface area contributed by atoms with Gasteiger partial charge in [-0.1, -0.05) is 19.8 Å². The van der Waals surface area contributed by atoms with Gasteiger partial charge < -0.3 is 5.32 Å². The molecule has 4 atom stereocenters. The van der Waals surface area contributed by atoms with Gasteiger partial charge in [0, 0.05) is 18.1 Å². The Bertz CT molecular complexity index is 285. The van der Waals surface area contributed by atoms with Gasteiger partial charge in [0.1, 0.15) is 0 Å². The van der Waals surface area contributed by atoms with E-state index in [0.717, 1.165) is 30.0 Å². The average Bonchev–Trinajstić information content (AvgIpc) is 3.09. The van der Waals surface area contributed by atoms with Gasteiger partial charge in [-0.15, -0.1) is 0 Å². The molecule has 3 aliphatic rings. The molecule has 0 amide bonds. The lowest BCUT2D eigenvalue weighted by Crippen LogP contribution is -2.54. The molecule has 0 aromatic carbocycles. The maximum absolute atomic E-state index is 3.62. The van der Waals surface area contributed by atoms with Gasteiger partial charge in [0.15, 0.2) is 0 Å². The monoisotopic (exact) mass is 264 g/mol. The lowest BCUT2D eigenvalue weighted by atomic mass is 9.81. The molecule has 0 bridgehead atoms. The third-order valence-electron chi connectivity index (χ3n) is 6.16. The minimum atomic E-state index is 0.748. The van der Waals surface area contributed by atoms with E-state index >= 15 is 0 Å². The van der Waals surface area contributed by atoms with Crippen LogP contribution in [0.1, 0.15) is 64.7 Å². The van der Waals surface area contributed by atoms with Gasteiger partial charge in [0.25, 0.3) is 0 Å². The number of hydrogen-bond acceptors (Lipinski definition) is 2. The van der Waals surface area contributed by atoms with E-state index in [9.17, 15) is 0 Å². The standard InChI is InChI=1S/C17H32N2/c1-13-9-10-15(18-2)17(12-13)19-11-5-8-16(19)14-6-3-4-7-14/h13-18H,3-12H2,1-2H3. The van der Waals surface area contributed by atoms with Crippen LogP contribution in [0.15, 0.2) is 0 Å². The first-order chi connectivity index (χ1) is 9.29. The summed E-state index contributed by atoms with van der Waals surface area (Å²) in [5.41, 5.74) is 0. The quantitative estimate of drug-likeness (QED) is 0.840. The van der Waals surface area contributed by atoms with Crippen molar-refractivity contribution in [3.63, 3.8) is 0 Å². The van der Waals surface area contributed by atoms with Gasteiger partial charge in [-0.2, -0.15) is 0 Å². The number of nitrogens with zero attached hydrogens (tertiary/aromatic N) is 1. The second-order valence-electron chi connectivity index (χ2n) is 7.37. The van der Waals surface area contributed by atoms with Crippen LogP contribution in [-0.2, 0) is 0 Å². The van der Waals surface area contributed by atoms with Crippen LogP contribution in [0.2, 0.25) is 0 Å². The largest absolute Gasteiger partial charge is 0.315 e. The molecule has 4 unspecified atom stereocenters. The third-order valence-corrected chi connectivity index (χ3v) is 6.16. The maximum Gasteiger partial charge on any atom is 0.0254 e. The Balaban J connectivity index is 1.70. The van der Waals surface area contributed by atoms with Crippen molar-refractivity contribution in [2.45, 2.75) is 82.8 Å². The van der Waals surface area contributed by atoms with Gasteiger partial charge in [-0.3, -0.25) is 4.90 Å². The lowest BCUT2D eigenvalue weighted by Gasteiger charge is -2.44. The zero-order chi connectivity index (χ0) is 13.2. The molecule has 1 heterocycles. The summed E-state index contributed by atoms with van der Waals surface area (Å²) < 4.78 is 0. The zero-order valence-corrected chi connectivity index (χ0v) is 12.9. The normalized spacial score (nSPS) is 42.0. The summed E-state index contributed by atoms with van der Waals surface area (Å²) in [5.74, 6) is 1.96. The summed E-state index contributed by atoms with van der Waals surface area (Å²) in [6, 6.07) is 2.49. The molecular formula is C17H32N2. The molecule has 19 heavy (non-hydrogen) atoms. The lowest BCUT2D eigenvalue weighted by molar-refractivity contribution is 0.0699. The van der Waals surface area contributed by atoms with Crippen LogP contribution in [0.5, 0.6) is 0 Å². The smallest absolute Gasteiger partial charge is 0.0254 e. The van der Waals surface area contributed by atoms with E-state index in [1.807, 2.05) is 0 Å². The summed E-state index contributed by atoms with van der Waals surface area (Å²) in [6.07, 6.45) is 13.2. The van der Waals surface area contributed by atoms with E-state index < -0.39 is 0 Å². The number of likely N-dealkylation sites (tertiary alicyclic amines) is 1. The Morgan fingerprint density at radius 2 is 1.68 bits per heavy atom. The summed E-state index contributed by atoms with van der Waals surface area (Å²) in [7, 11) is 2.17. The highest BCUT2D eigenvalue weighted by Gasteiger charge is 2.40. The van der Waals surface area contributed by atoms with Crippen LogP contribution >= 0.6 is 0 Å². The van der Waals surface area contributed by atoms with Crippen molar-refractivity contribution in [2.24, 2.45) is 11.8 Å². The predicted octanol–water partition coefficient (Wildman–Crippen LogP) is 3.42. The molecule has 3 rings (SSSR count). The molecule has 2 saturated carbocycles. The van der Waals surface area contributed by atoms with Crippen LogP contribution in [0.4, 0.5) is 0 Å². The Labute approximate surface area is 119 Å². The predicted molar refractivity (Wildman–Crippen MR) is 81.3 cm³/mol. The van der Waals surface area contributed by atoms with Crippen LogP contribution in [0, 0.1) is 11.8 Å². The molecule has 0 aromatic rings. The van der Waals surface area contributed by atoms with Crippen molar-refractivity contribution >= 4 is 0 Å². The molecule has 1 aliphatic heterocycles. The molecule has 2 heteroatoms. The van der Waals surface area contributed by atoms with Crippen molar-refractivity contribution in [3.05, 3.63) is 0 Å². The Kier molecular flexibility index (Phi) is 4.48. The number of likely N-dealkylation sites (N-methyl/N-ethyl adjacent to an activating group) is 1. The molecule has 1 saturated heterocycles. The van der Waals surface area contributed by atoms with Crippen LogP contribution in [0.25, 0.3) is 0 Å². The van der Waals surface area contributed by atoms with E-state index in [1.54, 1.807) is 0 Å². The van der Waals surface area contributed by atoms with E-state index in [0.29, 0.717) is 0 Å². The SMILES string of the molecule is CNC1CCC(C)CC1N1CCCC1C1CCCC1. The van der Waals surface area contributed by atoms with E-state index in [2.05, 4.69) is 24.2 Å². The first kappa shape index (κ1) is 13.9. The molecule has 2 nitrogen and oxygen atoms in total. The Morgan fingerprint density at radius 1 is 0.895 bits per heavy atom. The molecule has 2 aliphatic carbocycles. The second-order valence-corrected chi connectivity index (χ2v) is 7.37. The molecule has 110 valence electrons. The third kappa shape index (κ3) is 2.85. The van der Waals surface area contributed by atoms with E-state index in [-0.39, 0.29) is 0 Å². The summed E-state index contributed by atoms with van der Waals surface area (Å²) in [6.45, 7) is 3.83. The fourth-order valence-electron chi connectivity index (χ4n) is 5.13. The van der Waals surface area contributed by atoms with Crippen LogP contribution in [-0.4, -0.2) is 36.6 Å². The summed E-state index contributed by atoms with van der Waals surface area (Å²) >= 11 is 0. The van der Waals surface area contributed by atoms with Crippen molar-refractivity contribution in [1.82, 2.24) is 10.2 Å². The minimum absolute atomic E-state index is 0.748. The Hall–Kier alpha value is -0.0800. The van der Waals surface area contributed by atoms with Crippen LogP contribution < -0.4 is 5.32 Å². The molecular weight excluding hydrogens is 232 g/mol. The maximum atomic E-state index is 3.62. The highest BCUT2D eigenvalue weighted by molar-refractivity contribution is 4.97. The number of nitrogens with one attached hydrogen (secondary N) is 1. The van der Waals surface area contributed by atoms with Gasteiger partial charge in [-0.05, 0) is 70.4 Å². The molecule has 0 spiro atoms. The molecule has 3 fully saturated rings. The summed E-state index contributed by atoms with van der Waals surface area (Å²) in [5, 5.41) is 3.62. The first-order valence-electron chi connectivity index (χ1n) is 8.72. The van der Waals surface area contributed by atoms with Gasteiger partial charge in [-0.25, -0.2) is 0 Å². The molecule has 1 N–H and O–H groups in total. The van der Waals surface area contributed by atoms with Crippen molar-refractivity contribution in [3.8, 4) is 0 Å².